The van der Waals surface area contributed by atoms with Crippen molar-refractivity contribution in [1.29, 1.82) is 0 Å². The summed E-state index contributed by atoms with van der Waals surface area (Å²) in [5.41, 5.74) is 0.0944. The van der Waals surface area contributed by atoms with Crippen molar-refractivity contribution in [3.8, 4) is 0 Å². The van der Waals surface area contributed by atoms with Crippen LogP contribution in [0, 0.1) is 0 Å². The lowest BCUT2D eigenvalue weighted by Gasteiger charge is -2.21. The maximum Gasteiger partial charge on any atom is 0.250 e. The average Bonchev–Trinajstić information content (AvgIpc) is 2.34. The molecule has 3 heteroatoms. The monoisotopic (exact) mass is 248 g/mol. The minimum atomic E-state index is 0.0944. The Morgan fingerprint density at radius 2 is 1.83 bits per heavy atom. The van der Waals surface area contributed by atoms with Crippen molar-refractivity contribution in [3.05, 3.63) is 34.7 Å². The Kier molecular flexibility index (Phi) is 5.46. The number of nitrogens with zero attached hydrogens (tertiary/aromatic N) is 1. The molecule has 1 aliphatic rings. The highest BCUT2D eigenvalue weighted by atomic mass is 16.1. The molecule has 3 nitrogen and oxygen atoms in total. The van der Waals surface area contributed by atoms with Crippen molar-refractivity contribution in [1.82, 2.24) is 9.88 Å². The summed E-state index contributed by atoms with van der Waals surface area (Å²) in [7, 11) is 0. The molecule has 1 fully saturated rings. The maximum atomic E-state index is 11.5. The number of pyridine rings is 1. The Morgan fingerprint density at radius 3 is 2.56 bits per heavy atom. The number of nitrogens with one attached hydrogen (secondary N) is 1. The first-order valence-electron chi connectivity index (χ1n) is 7.25. The minimum Gasteiger partial charge on any atom is -0.314 e. The molecule has 1 saturated carbocycles. The van der Waals surface area contributed by atoms with E-state index in [1.54, 1.807) is 16.7 Å². The molecular formula is C15H24N2O. The molecular weight excluding hydrogens is 224 g/mol. The van der Waals surface area contributed by atoms with E-state index in [-0.39, 0.29) is 5.56 Å². The van der Waals surface area contributed by atoms with Crippen LogP contribution >= 0.6 is 0 Å². The van der Waals surface area contributed by atoms with Crippen LogP contribution in [0.25, 0.3) is 0 Å². The molecule has 0 atom stereocenters. The summed E-state index contributed by atoms with van der Waals surface area (Å²) in [5, 5.41) is 3.61. The lowest BCUT2D eigenvalue weighted by atomic mass is 9.97. The first kappa shape index (κ1) is 13.3. The van der Waals surface area contributed by atoms with Crippen molar-refractivity contribution in [2.45, 2.75) is 57.5 Å². The Labute approximate surface area is 109 Å². The molecule has 1 aromatic heterocycles. The Hall–Kier alpha value is -1.09. The van der Waals surface area contributed by atoms with Crippen molar-refractivity contribution < 1.29 is 0 Å². The van der Waals surface area contributed by atoms with Gasteiger partial charge in [-0.2, -0.15) is 0 Å². The van der Waals surface area contributed by atoms with Crippen LogP contribution in [-0.2, 0) is 6.54 Å². The van der Waals surface area contributed by atoms with E-state index >= 15 is 0 Å². The van der Waals surface area contributed by atoms with Gasteiger partial charge in [0.05, 0.1) is 0 Å². The highest BCUT2D eigenvalue weighted by molar-refractivity contribution is 4.93. The number of aromatic nitrogens is 1. The standard InChI is InChI=1S/C15H24N2O/c18-15-10-6-7-12-17(15)13-11-16-14-8-4-2-1-3-5-9-14/h6-7,10,12,14,16H,1-5,8-9,11,13H2. The van der Waals surface area contributed by atoms with Crippen LogP contribution in [0.2, 0.25) is 0 Å². The Morgan fingerprint density at radius 1 is 1.11 bits per heavy atom. The van der Waals surface area contributed by atoms with Crippen molar-refractivity contribution in [3.63, 3.8) is 0 Å². The van der Waals surface area contributed by atoms with E-state index in [1.165, 1.54) is 44.9 Å². The summed E-state index contributed by atoms with van der Waals surface area (Å²) in [6.07, 6.45) is 11.3. The average molecular weight is 248 g/mol. The van der Waals surface area contributed by atoms with Gasteiger partial charge in [-0.1, -0.05) is 38.2 Å². The molecule has 2 rings (SSSR count). The fourth-order valence-electron chi connectivity index (χ4n) is 2.69. The number of hydrogen-bond acceptors (Lipinski definition) is 2. The molecule has 0 saturated heterocycles. The molecule has 0 amide bonds. The molecule has 1 aliphatic carbocycles. The van der Waals surface area contributed by atoms with E-state index in [9.17, 15) is 4.79 Å². The largest absolute Gasteiger partial charge is 0.314 e. The summed E-state index contributed by atoms with van der Waals surface area (Å²) in [4.78, 5) is 11.5. The van der Waals surface area contributed by atoms with Crippen molar-refractivity contribution in [2.75, 3.05) is 6.54 Å². The zero-order valence-electron chi connectivity index (χ0n) is 11.1. The topological polar surface area (TPSA) is 34.0 Å². The summed E-state index contributed by atoms with van der Waals surface area (Å²) < 4.78 is 1.77. The van der Waals surface area contributed by atoms with Crippen LogP contribution in [0.1, 0.15) is 44.9 Å². The van der Waals surface area contributed by atoms with E-state index in [4.69, 9.17) is 0 Å². The molecule has 0 unspecified atom stereocenters. The SMILES string of the molecule is O=c1ccccn1CCNC1CCCCCCC1. The molecule has 1 N–H and O–H groups in total. The van der Waals surface area contributed by atoms with Gasteiger partial charge in [-0.05, 0) is 18.9 Å². The fourth-order valence-corrected chi connectivity index (χ4v) is 2.69. The van der Waals surface area contributed by atoms with Gasteiger partial charge in [-0.3, -0.25) is 4.79 Å². The second-order valence-corrected chi connectivity index (χ2v) is 5.23. The lowest BCUT2D eigenvalue weighted by molar-refractivity contribution is 0.383. The van der Waals surface area contributed by atoms with Crippen LogP contribution in [0.3, 0.4) is 0 Å². The van der Waals surface area contributed by atoms with Gasteiger partial charge in [0.15, 0.2) is 0 Å². The highest BCUT2D eigenvalue weighted by Crippen LogP contribution is 2.16. The van der Waals surface area contributed by atoms with Crippen molar-refractivity contribution >= 4 is 0 Å². The molecule has 0 radical (unpaired) electrons. The quantitative estimate of drug-likeness (QED) is 0.888. The smallest absolute Gasteiger partial charge is 0.250 e. The molecule has 100 valence electrons. The maximum absolute atomic E-state index is 11.5. The Balaban J connectivity index is 1.74. The van der Waals surface area contributed by atoms with E-state index < -0.39 is 0 Å². The van der Waals surface area contributed by atoms with Gasteiger partial charge < -0.3 is 9.88 Å². The van der Waals surface area contributed by atoms with Crippen LogP contribution in [0.5, 0.6) is 0 Å². The van der Waals surface area contributed by atoms with Crippen LogP contribution < -0.4 is 10.9 Å². The van der Waals surface area contributed by atoms with Gasteiger partial charge in [0.1, 0.15) is 0 Å². The van der Waals surface area contributed by atoms with Gasteiger partial charge in [0.25, 0.3) is 5.56 Å². The van der Waals surface area contributed by atoms with Gasteiger partial charge in [0.2, 0.25) is 0 Å². The van der Waals surface area contributed by atoms with E-state index in [0.717, 1.165) is 13.1 Å². The first-order chi connectivity index (χ1) is 8.86. The second-order valence-electron chi connectivity index (χ2n) is 5.23. The minimum absolute atomic E-state index is 0.0944. The van der Waals surface area contributed by atoms with Gasteiger partial charge >= 0.3 is 0 Å². The molecule has 1 aromatic rings. The second kappa shape index (κ2) is 7.37. The van der Waals surface area contributed by atoms with Gasteiger partial charge in [-0.25, -0.2) is 0 Å². The molecule has 0 aromatic carbocycles. The number of rotatable bonds is 4. The molecule has 18 heavy (non-hydrogen) atoms. The summed E-state index contributed by atoms with van der Waals surface area (Å²) in [6, 6.07) is 5.98. The van der Waals surface area contributed by atoms with Crippen LogP contribution in [0.15, 0.2) is 29.2 Å². The van der Waals surface area contributed by atoms with Crippen molar-refractivity contribution in [2.24, 2.45) is 0 Å². The molecule has 0 spiro atoms. The zero-order valence-corrected chi connectivity index (χ0v) is 11.1. The van der Waals surface area contributed by atoms with Crippen LogP contribution in [0.4, 0.5) is 0 Å². The Bertz CT molecular complexity index is 391. The third-order valence-electron chi connectivity index (χ3n) is 3.79. The highest BCUT2D eigenvalue weighted by Gasteiger charge is 2.10. The van der Waals surface area contributed by atoms with E-state index in [0.29, 0.717) is 6.04 Å². The fraction of sp³-hybridized carbons (Fsp3) is 0.667. The van der Waals surface area contributed by atoms with E-state index in [2.05, 4.69) is 5.32 Å². The normalized spacial score (nSPS) is 18.2. The molecule has 0 bridgehead atoms. The summed E-state index contributed by atoms with van der Waals surface area (Å²) in [6.45, 7) is 1.67. The molecule has 0 aliphatic heterocycles. The predicted octanol–water partition coefficient (Wildman–Crippen LogP) is 2.55. The third-order valence-corrected chi connectivity index (χ3v) is 3.79. The third kappa shape index (κ3) is 4.30. The predicted molar refractivity (Wildman–Crippen MR) is 74.8 cm³/mol. The summed E-state index contributed by atoms with van der Waals surface area (Å²) >= 11 is 0. The molecule has 1 heterocycles. The van der Waals surface area contributed by atoms with Gasteiger partial charge in [-0.15, -0.1) is 0 Å². The number of hydrogen-bond donors (Lipinski definition) is 1. The van der Waals surface area contributed by atoms with E-state index in [1.807, 2.05) is 12.3 Å². The van der Waals surface area contributed by atoms with Gasteiger partial charge in [0, 0.05) is 31.4 Å². The summed E-state index contributed by atoms with van der Waals surface area (Å²) in [5.74, 6) is 0. The van der Waals surface area contributed by atoms with Crippen LogP contribution in [-0.4, -0.2) is 17.2 Å². The lowest BCUT2D eigenvalue weighted by Crippen LogP contribution is -2.34. The first-order valence-corrected chi connectivity index (χ1v) is 7.25. The zero-order chi connectivity index (χ0) is 12.6.